The average molecular weight is 528 g/mol. The third-order valence-electron chi connectivity index (χ3n) is 5.50. The lowest BCUT2D eigenvalue weighted by Crippen LogP contribution is -2.16. The van der Waals surface area contributed by atoms with Crippen molar-refractivity contribution in [3.8, 4) is 22.6 Å². The summed E-state index contributed by atoms with van der Waals surface area (Å²) in [7, 11) is 1.21. The first kappa shape index (κ1) is 28.0. The van der Waals surface area contributed by atoms with Crippen LogP contribution in [-0.4, -0.2) is 13.1 Å². The highest BCUT2D eigenvalue weighted by molar-refractivity contribution is 5.79. The number of halogens is 7. The Hall–Kier alpha value is -3.56. The fraction of sp³-hybridized carbons (Fsp3) is 0.296. The monoisotopic (exact) mass is 528 g/mol. The number of alkyl halides is 6. The van der Waals surface area contributed by atoms with E-state index in [0.29, 0.717) is 35.2 Å². The molecule has 3 nitrogen and oxygen atoms in total. The lowest BCUT2D eigenvalue weighted by Gasteiger charge is -2.20. The van der Waals surface area contributed by atoms with Gasteiger partial charge in [0.1, 0.15) is 17.3 Å². The van der Waals surface area contributed by atoms with Crippen molar-refractivity contribution in [3.05, 3.63) is 83.2 Å². The van der Waals surface area contributed by atoms with E-state index in [-0.39, 0.29) is 11.7 Å². The van der Waals surface area contributed by atoms with Gasteiger partial charge in [-0.15, -0.1) is 0 Å². The molecule has 0 spiro atoms. The highest BCUT2D eigenvalue weighted by Crippen LogP contribution is 2.38. The van der Waals surface area contributed by atoms with Crippen LogP contribution in [0.2, 0.25) is 0 Å². The molecule has 198 valence electrons. The smallest absolute Gasteiger partial charge is 0.416 e. The number of ether oxygens (including phenoxy) is 2. The Kier molecular flexibility index (Phi) is 8.19. The van der Waals surface area contributed by atoms with Crippen LogP contribution in [0.5, 0.6) is 11.5 Å². The van der Waals surface area contributed by atoms with E-state index < -0.39 is 46.9 Å². The van der Waals surface area contributed by atoms with Crippen molar-refractivity contribution in [2.75, 3.05) is 7.11 Å². The quantitative estimate of drug-likeness (QED) is 0.228. The van der Waals surface area contributed by atoms with Crippen molar-refractivity contribution >= 4 is 5.97 Å². The molecule has 3 aromatic rings. The topological polar surface area (TPSA) is 35.5 Å². The predicted octanol–water partition coefficient (Wildman–Crippen LogP) is 8.63. The van der Waals surface area contributed by atoms with Crippen molar-refractivity contribution in [1.29, 1.82) is 0 Å². The highest BCUT2D eigenvalue weighted by Gasteiger charge is 2.32. The second kappa shape index (κ2) is 10.8. The van der Waals surface area contributed by atoms with Crippen LogP contribution in [0.15, 0.2) is 60.7 Å². The van der Waals surface area contributed by atoms with Gasteiger partial charge in [0.2, 0.25) is 0 Å². The molecule has 1 atom stereocenters. The Morgan fingerprint density at radius 3 is 1.92 bits per heavy atom. The molecular formula is C27H23F7O3. The number of hydrogen-bond acceptors (Lipinski definition) is 3. The molecule has 3 aromatic carbocycles. The normalized spacial score (nSPS) is 12.9. The Morgan fingerprint density at radius 1 is 0.784 bits per heavy atom. The van der Waals surface area contributed by atoms with E-state index >= 15 is 0 Å². The van der Waals surface area contributed by atoms with Crippen molar-refractivity contribution in [3.63, 3.8) is 0 Å². The van der Waals surface area contributed by atoms with E-state index in [2.05, 4.69) is 0 Å². The summed E-state index contributed by atoms with van der Waals surface area (Å²) in [6.45, 7) is 3.75. The van der Waals surface area contributed by atoms with Gasteiger partial charge in [0, 0.05) is 6.07 Å². The van der Waals surface area contributed by atoms with Crippen molar-refractivity contribution in [2.45, 2.75) is 38.5 Å². The van der Waals surface area contributed by atoms with Gasteiger partial charge in [-0.2, -0.15) is 26.3 Å². The largest absolute Gasteiger partial charge is 0.469 e. The summed E-state index contributed by atoms with van der Waals surface area (Å²) in [4.78, 5) is 12.6. The zero-order chi connectivity index (χ0) is 27.5. The number of hydrogen-bond donors (Lipinski definition) is 0. The van der Waals surface area contributed by atoms with Gasteiger partial charge in [0.05, 0.1) is 24.2 Å². The van der Waals surface area contributed by atoms with Crippen LogP contribution in [0.4, 0.5) is 30.7 Å². The molecule has 10 heteroatoms. The number of benzene rings is 3. The molecule has 0 aliphatic heterocycles. The molecule has 0 unspecified atom stereocenters. The minimum Gasteiger partial charge on any atom is -0.469 e. The van der Waals surface area contributed by atoms with E-state index in [1.54, 1.807) is 6.07 Å². The van der Waals surface area contributed by atoms with Gasteiger partial charge in [-0.25, -0.2) is 4.39 Å². The summed E-state index contributed by atoms with van der Waals surface area (Å²) >= 11 is 0. The van der Waals surface area contributed by atoms with Crippen LogP contribution < -0.4 is 4.74 Å². The predicted molar refractivity (Wildman–Crippen MR) is 123 cm³/mol. The van der Waals surface area contributed by atoms with Crippen LogP contribution >= 0.6 is 0 Å². The first-order chi connectivity index (χ1) is 17.2. The van der Waals surface area contributed by atoms with E-state index in [4.69, 9.17) is 9.47 Å². The van der Waals surface area contributed by atoms with Crippen LogP contribution in [0.25, 0.3) is 11.1 Å². The van der Waals surface area contributed by atoms with E-state index in [0.717, 1.165) is 18.2 Å². The van der Waals surface area contributed by atoms with Crippen molar-refractivity contribution in [1.82, 2.24) is 0 Å². The third-order valence-corrected chi connectivity index (χ3v) is 5.50. The molecule has 0 bridgehead atoms. The van der Waals surface area contributed by atoms with Gasteiger partial charge < -0.3 is 9.47 Å². The summed E-state index contributed by atoms with van der Waals surface area (Å²) in [5.74, 6) is -2.98. The lowest BCUT2D eigenvalue weighted by atomic mass is 9.88. The maximum atomic E-state index is 13.9. The number of carbonyl (C=O) groups excluding carboxylic acids is 1. The van der Waals surface area contributed by atoms with Gasteiger partial charge >= 0.3 is 18.3 Å². The summed E-state index contributed by atoms with van der Waals surface area (Å²) in [6.07, 6.45) is -9.02. The molecule has 0 fully saturated rings. The van der Waals surface area contributed by atoms with E-state index in [1.165, 1.54) is 31.4 Å². The number of rotatable bonds is 7. The molecule has 0 heterocycles. The first-order valence-electron chi connectivity index (χ1n) is 11.1. The average Bonchev–Trinajstić information content (AvgIpc) is 2.80. The van der Waals surface area contributed by atoms with Crippen molar-refractivity contribution < 1.29 is 45.0 Å². The molecule has 0 radical (unpaired) electrons. The Bertz CT molecular complexity index is 1250. The zero-order valence-corrected chi connectivity index (χ0v) is 20.0. The lowest BCUT2D eigenvalue weighted by molar-refractivity contribution is -0.143. The summed E-state index contributed by atoms with van der Waals surface area (Å²) in [5.41, 5.74) is -1.07. The molecule has 3 rings (SSSR count). The highest BCUT2D eigenvalue weighted by atomic mass is 19.4. The molecular weight excluding hydrogens is 505 g/mol. The maximum absolute atomic E-state index is 13.9. The minimum absolute atomic E-state index is 0.0382. The van der Waals surface area contributed by atoms with Gasteiger partial charge in [0.15, 0.2) is 0 Å². The van der Waals surface area contributed by atoms with Crippen molar-refractivity contribution in [2.24, 2.45) is 5.92 Å². The molecule has 0 amide bonds. The number of esters is 1. The summed E-state index contributed by atoms with van der Waals surface area (Å²) in [6, 6.07) is 10.3. The summed E-state index contributed by atoms with van der Waals surface area (Å²) in [5, 5.41) is 0. The van der Waals surface area contributed by atoms with Crippen LogP contribution in [0.1, 0.15) is 42.9 Å². The van der Waals surface area contributed by atoms with Gasteiger partial charge in [-0.3, -0.25) is 4.79 Å². The van der Waals surface area contributed by atoms with E-state index in [1.807, 2.05) is 13.8 Å². The summed E-state index contributed by atoms with van der Waals surface area (Å²) < 4.78 is 103. The molecule has 0 aliphatic rings. The first-order valence-corrected chi connectivity index (χ1v) is 11.1. The van der Waals surface area contributed by atoms with Gasteiger partial charge in [-0.1, -0.05) is 32.0 Å². The van der Waals surface area contributed by atoms with Crippen LogP contribution in [0, 0.1) is 11.7 Å². The van der Waals surface area contributed by atoms with Crippen LogP contribution in [-0.2, 0) is 21.9 Å². The standard InChI is InChI=1S/C27H23F7O3/c1-15(2)8-24(25(35)36-3)18-9-17(16-4-6-19(7-5-16)26(29,30)31)10-22(11-18)37-23-13-20(27(32,33)34)12-21(28)14-23/h4-7,9-15,24H,8H2,1-3H3/t24-/m1/s1. The van der Waals surface area contributed by atoms with E-state index in [9.17, 15) is 35.5 Å². The fourth-order valence-corrected chi connectivity index (χ4v) is 3.80. The number of carbonyl (C=O) groups is 1. The Morgan fingerprint density at radius 2 is 1.38 bits per heavy atom. The zero-order valence-electron chi connectivity index (χ0n) is 20.0. The minimum atomic E-state index is -4.82. The molecule has 0 saturated carbocycles. The van der Waals surface area contributed by atoms with Crippen LogP contribution in [0.3, 0.4) is 0 Å². The SMILES string of the molecule is COC(=O)[C@H](CC(C)C)c1cc(Oc2cc(F)cc(C(F)(F)F)c2)cc(-c2ccc(C(F)(F)F)cc2)c1. The molecule has 0 saturated heterocycles. The molecule has 37 heavy (non-hydrogen) atoms. The fourth-order valence-electron chi connectivity index (χ4n) is 3.80. The Labute approximate surface area is 208 Å². The maximum Gasteiger partial charge on any atom is 0.416 e. The molecule has 0 aliphatic carbocycles. The second-order valence-corrected chi connectivity index (χ2v) is 8.85. The Balaban J connectivity index is 2.13. The molecule has 0 aromatic heterocycles. The number of methoxy groups -OCH3 is 1. The van der Waals surface area contributed by atoms with Gasteiger partial charge in [-0.05, 0) is 65.4 Å². The molecule has 0 N–H and O–H groups in total. The second-order valence-electron chi connectivity index (χ2n) is 8.85. The van der Waals surface area contributed by atoms with Gasteiger partial charge in [0.25, 0.3) is 0 Å². The third kappa shape index (κ3) is 7.24.